The first-order chi connectivity index (χ1) is 5.61. The number of carboxylic acid groups (broad SMARTS) is 2. The smallest absolute Gasteiger partial charge is 0.350 e. The minimum atomic E-state index is -1.13. The van der Waals surface area contributed by atoms with Gasteiger partial charge in [-0.15, -0.1) is 0 Å². The Labute approximate surface area is 72.5 Å². The van der Waals surface area contributed by atoms with Gasteiger partial charge in [0.2, 0.25) is 0 Å². The number of nitrogens with zero attached hydrogens (tertiary/aromatic N) is 1. The van der Waals surface area contributed by atoms with Gasteiger partial charge in [0, 0.05) is 11.5 Å². The summed E-state index contributed by atoms with van der Waals surface area (Å²) in [5.41, 5.74) is -0.0568. The summed E-state index contributed by atoms with van der Waals surface area (Å²) in [5.74, 6) is -1.56. The van der Waals surface area contributed by atoms with Crippen molar-refractivity contribution in [2.24, 2.45) is 4.99 Å². The molecule has 0 saturated carbocycles. The van der Waals surface area contributed by atoms with Crippen LogP contribution in [0.3, 0.4) is 0 Å². The lowest BCUT2D eigenvalue weighted by molar-refractivity contribution is -0.137. The van der Waals surface area contributed by atoms with Crippen LogP contribution < -0.4 is 0 Å². The lowest BCUT2D eigenvalue weighted by Gasteiger charge is -2.13. The minimum absolute atomic E-state index is 0.0568. The lowest BCUT2D eigenvalue weighted by Crippen LogP contribution is -2.30. The van der Waals surface area contributed by atoms with E-state index >= 15 is 0 Å². The van der Waals surface area contributed by atoms with Crippen molar-refractivity contribution in [3.8, 4) is 0 Å². The maximum Gasteiger partial charge on any atom is 0.350 e. The first-order valence-corrected chi connectivity index (χ1v) is 4.37. The van der Waals surface area contributed by atoms with Crippen LogP contribution in [0.5, 0.6) is 0 Å². The van der Waals surface area contributed by atoms with E-state index < -0.39 is 18.0 Å². The fraction of sp³-hybridized carbons (Fsp3) is 0.500. The predicted molar refractivity (Wildman–Crippen MR) is 43.8 cm³/mol. The summed E-state index contributed by atoms with van der Waals surface area (Å²) in [6.45, 7) is 0. The van der Waals surface area contributed by atoms with Crippen LogP contribution in [0.15, 0.2) is 4.99 Å². The van der Waals surface area contributed by atoms with E-state index in [1.165, 1.54) is 11.8 Å². The third kappa shape index (κ3) is 1.97. The molecule has 6 heteroatoms. The molecule has 0 aromatic rings. The Morgan fingerprint density at radius 3 is 2.67 bits per heavy atom. The highest BCUT2D eigenvalue weighted by Crippen LogP contribution is 2.13. The highest BCUT2D eigenvalue weighted by Gasteiger charge is 2.24. The van der Waals surface area contributed by atoms with E-state index in [2.05, 4.69) is 4.99 Å². The second-order valence-electron chi connectivity index (χ2n) is 2.25. The summed E-state index contributed by atoms with van der Waals surface area (Å²) in [4.78, 5) is 24.4. The quantitative estimate of drug-likeness (QED) is 0.623. The highest BCUT2D eigenvalue weighted by molar-refractivity contribution is 8.00. The summed E-state index contributed by atoms with van der Waals surface area (Å²) >= 11 is 1.28. The molecule has 66 valence electrons. The van der Waals surface area contributed by atoms with E-state index in [0.29, 0.717) is 11.5 Å². The van der Waals surface area contributed by atoms with E-state index in [-0.39, 0.29) is 5.71 Å². The van der Waals surface area contributed by atoms with Crippen molar-refractivity contribution >= 4 is 29.4 Å². The average Bonchev–Trinajstić information content (AvgIpc) is 2.04. The monoisotopic (exact) mass is 189 g/mol. The molecular formula is C6H7NO4S. The molecule has 2 N–H and O–H groups in total. The third-order valence-corrected chi connectivity index (χ3v) is 2.39. The second kappa shape index (κ2) is 3.57. The number of hydrogen-bond donors (Lipinski definition) is 2. The molecule has 12 heavy (non-hydrogen) atoms. The van der Waals surface area contributed by atoms with E-state index in [1.807, 2.05) is 0 Å². The Balaban J connectivity index is 2.76. The summed E-state index contributed by atoms with van der Waals surface area (Å²) in [7, 11) is 0. The normalized spacial score (nSPS) is 23.0. The van der Waals surface area contributed by atoms with Crippen molar-refractivity contribution in [3.63, 3.8) is 0 Å². The highest BCUT2D eigenvalue weighted by atomic mass is 32.2. The van der Waals surface area contributed by atoms with Gasteiger partial charge in [-0.05, 0) is 0 Å². The molecule has 5 nitrogen and oxygen atoms in total. The molecule has 0 amide bonds. The zero-order valence-corrected chi connectivity index (χ0v) is 6.87. The van der Waals surface area contributed by atoms with Crippen LogP contribution in [0.2, 0.25) is 0 Å². The number of carboxylic acids is 2. The Morgan fingerprint density at radius 1 is 1.50 bits per heavy atom. The Morgan fingerprint density at radius 2 is 2.17 bits per heavy atom. The van der Waals surface area contributed by atoms with Gasteiger partial charge >= 0.3 is 11.9 Å². The fourth-order valence-corrected chi connectivity index (χ4v) is 1.72. The summed E-state index contributed by atoms with van der Waals surface area (Å²) in [6.07, 6.45) is 0. The number of aliphatic imine (C=N–C) groups is 1. The second-order valence-corrected chi connectivity index (χ2v) is 3.28. The van der Waals surface area contributed by atoms with Gasteiger partial charge in [-0.2, -0.15) is 11.8 Å². The minimum Gasteiger partial charge on any atom is -0.480 e. The van der Waals surface area contributed by atoms with E-state index in [0.717, 1.165) is 0 Å². The van der Waals surface area contributed by atoms with Gasteiger partial charge < -0.3 is 10.2 Å². The van der Waals surface area contributed by atoms with Crippen LogP contribution in [0, 0.1) is 0 Å². The summed E-state index contributed by atoms with van der Waals surface area (Å²) in [5, 5.41) is 17.0. The SMILES string of the molecule is O=C(O)C1=N[C@H](C(=O)O)CSC1. The van der Waals surface area contributed by atoms with Crippen molar-refractivity contribution in [3.05, 3.63) is 0 Å². The van der Waals surface area contributed by atoms with Crippen LogP contribution in [0.1, 0.15) is 0 Å². The van der Waals surface area contributed by atoms with Gasteiger partial charge in [-0.25, -0.2) is 9.59 Å². The molecule has 1 rings (SSSR count). The summed E-state index contributed by atoms with van der Waals surface area (Å²) < 4.78 is 0. The molecule has 0 spiro atoms. The maximum absolute atomic E-state index is 10.4. The molecule has 1 atom stereocenters. The fourth-order valence-electron chi connectivity index (χ4n) is 0.773. The van der Waals surface area contributed by atoms with Gasteiger partial charge in [0.15, 0.2) is 6.04 Å². The first kappa shape index (κ1) is 9.05. The zero-order valence-electron chi connectivity index (χ0n) is 6.06. The van der Waals surface area contributed by atoms with E-state index in [1.54, 1.807) is 0 Å². The largest absolute Gasteiger partial charge is 0.480 e. The molecule has 0 radical (unpaired) electrons. The van der Waals surface area contributed by atoms with Crippen molar-refractivity contribution in [2.45, 2.75) is 6.04 Å². The van der Waals surface area contributed by atoms with Gasteiger partial charge in [-0.3, -0.25) is 4.99 Å². The Kier molecular flexibility index (Phi) is 2.69. The van der Waals surface area contributed by atoms with Crippen molar-refractivity contribution in [1.29, 1.82) is 0 Å². The predicted octanol–water partition coefficient (Wildman–Crippen LogP) is -0.288. The topological polar surface area (TPSA) is 87.0 Å². The Hall–Kier alpha value is -1.04. The van der Waals surface area contributed by atoms with E-state index in [9.17, 15) is 9.59 Å². The molecule has 0 bridgehead atoms. The maximum atomic E-state index is 10.4. The number of hydrogen-bond acceptors (Lipinski definition) is 4. The summed E-state index contributed by atoms with van der Waals surface area (Å²) in [6, 6.07) is -0.894. The van der Waals surface area contributed by atoms with Gasteiger partial charge in [0.05, 0.1) is 0 Å². The molecular weight excluding hydrogens is 182 g/mol. The number of aliphatic carboxylic acids is 2. The van der Waals surface area contributed by atoms with Crippen molar-refractivity contribution in [1.82, 2.24) is 0 Å². The lowest BCUT2D eigenvalue weighted by atomic mass is 10.3. The first-order valence-electron chi connectivity index (χ1n) is 3.22. The molecule has 0 aliphatic carbocycles. The molecule has 0 aromatic heterocycles. The number of rotatable bonds is 2. The molecule has 0 unspecified atom stereocenters. The van der Waals surface area contributed by atoms with Crippen LogP contribution in [0.4, 0.5) is 0 Å². The number of thioether (sulfide) groups is 1. The Bertz CT molecular complexity index is 250. The van der Waals surface area contributed by atoms with Crippen LogP contribution >= 0.6 is 11.8 Å². The van der Waals surface area contributed by atoms with E-state index in [4.69, 9.17) is 10.2 Å². The zero-order chi connectivity index (χ0) is 9.14. The van der Waals surface area contributed by atoms with Crippen molar-refractivity contribution in [2.75, 3.05) is 11.5 Å². The van der Waals surface area contributed by atoms with Crippen LogP contribution in [0.25, 0.3) is 0 Å². The molecule has 1 aliphatic rings. The average molecular weight is 189 g/mol. The molecule has 0 saturated heterocycles. The standard InChI is InChI=1S/C6H7NO4S/c8-5(9)3-1-12-2-4(7-3)6(10)11/h3H,1-2H2,(H,8,9)(H,10,11)/t3-/m0/s1. The molecule has 1 heterocycles. The van der Waals surface area contributed by atoms with Gasteiger partial charge in [-0.1, -0.05) is 0 Å². The van der Waals surface area contributed by atoms with Gasteiger partial charge in [0.25, 0.3) is 0 Å². The van der Waals surface area contributed by atoms with Crippen LogP contribution in [-0.2, 0) is 9.59 Å². The number of carbonyl (C=O) groups is 2. The molecule has 1 aliphatic heterocycles. The van der Waals surface area contributed by atoms with Gasteiger partial charge in [0.1, 0.15) is 5.71 Å². The third-order valence-electron chi connectivity index (χ3n) is 1.36. The van der Waals surface area contributed by atoms with Crippen molar-refractivity contribution < 1.29 is 19.8 Å². The molecule has 0 fully saturated rings. The molecule has 0 aromatic carbocycles. The van der Waals surface area contributed by atoms with Crippen LogP contribution in [-0.4, -0.2) is 45.4 Å².